The summed E-state index contributed by atoms with van der Waals surface area (Å²) in [4.78, 5) is 23.1. The first kappa shape index (κ1) is 19.9. The van der Waals surface area contributed by atoms with Crippen LogP contribution in [0.2, 0.25) is 0 Å². The van der Waals surface area contributed by atoms with E-state index in [0.29, 0.717) is 12.6 Å². The van der Waals surface area contributed by atoms with Crippen LogP contribution in [0.1, 0.15) is 25.5 Å². The molecule has 2 fully saturated rings. The summed E-state index contributed by atoms with van der Waals surface area (Å²) >= 11 is 0. The summed E-state index contributed by atoms with van der Waals surface area (Å²) in [6.45, 7) is 8.86. The zero-order valence-electron chi connectivity index (χ0n) is 17.2. The van der Waals surface area contributed by atoms with E-state index in [1.807, 2.05) is 30.3 Å². The summed E-state index contributed by atoms with van der Waals surface area (Å²) < 4.78 is 7.37. The van der Waals surface area contributed by atoms with Gasteiger partial charge in [-0.25, -0.2) is 4.79 Å². The number of aromatic nitrogens is 2. The highest BCUT2D eigenvalue weighted by atomic mass is 16.6. The van der Waals surface area contributed by atoms with Crippen molar-refractivity contribution in [2.45, 2.75) is 32.4 Å². The third-order valence-corrected chi connectivity index (χ3v) is 5.98. The number of carbonyl (C=O) groups is 1. The van der Waals surface area contributed by atoms with Crippen LogP contribution in [0.3, 0.4) is 0 Å². The Balaban J connectivity index is 1.33. The second-order valence-corrected chi connectivity index (χ2v) is 7.83. The van der Waals surface area contributed by atoms with E-state index >= 15 is 0 Å². The summed E-state index contributed by atoms with van der Waals surface area (Å²) in [6.07, 6.45) is 8.11. The fraction of sp³-hybridized carbons (Fsp3) is 0.545. The zero-order valence-corrected chi connectivity index (χ0v) is 17.2. The number of ether oxygens (including phenoxy) is 1. The predicted octanol–water partition coefficient (Wildman–Crippen LogP) is 2.61. The largest absolute Gasteiger partial charge is 0.450 e. The van der Waals surface area contributed by atoms with E-state index in [1.54, 1.807) is 0 Å². The number of hydrogen-bond acceptors (Lipinski definition) is 5. The SMILES string of the molecule is CCOC(=O)N1CCN(C2CCCN(Cc3cccn3-c3cccnc3)C2)CC1. The van der Waals surface area contributed by atoms with Gasteiger partial charge in [0, 0.05) is 63.4 Å². The number of likely N-dealkylation sites (tertiary alicyclic amines) is 1. The molecule has 156 valence electrons. The van der Waals surface area contributed by atoms with Gasteiger partial charge in [0.1, 0.15) is 0 Å². The van der Waals surface area contributed by atoms with Gasteiger partial charge in [0.2, 0.25) is 0 Å². The molecule has 1 unspecified atom stereocenters. The Bertz CT molecular complexity index is 786. The number of carbonyl (C=O) groups excluding carboxylic acids is 1. The monoisotopic (exact) mass is 397 g/mol. The summed E-state index contributed by atoms with van der Waals surface area (Å²) in [5, 5.41) is 0. The number of nitrogens with zero attached hydrogens (tertiary/aromatic N) is 5. The second-order valence-electron chi connectivity index (χ2n) is 7.83. The fourth-order valence-corrected chi connectivity index (χ4v) is 4.48. The van der Waals surface area contributed by atoms with Crippen LogP contribution in [-0.4, -0.2) is 82.3 Å². The maximum atomic E-state index is 11.9. The van der Waals surface area contributed by atoms with Crippen LogP contribution in [0.25, 0.3) is 5.69 Å². The third kappa shape index (κ3) is 4.79. The standard InChI is InChI=1S/C22H31N5O2/c1-2-29-22(28)26-14-12-25(13-15-26)20-7-4-10-24(17-20)18-21-8-5-11-27(21)19-6-3-9-23-16-19/h3,5-6,8-9,11,16,20H,2,4,7,10,12-15,17-18H2,1H3. The van der Waals surface area contributed by atoms with Crippen molar-refractivity contribution < 1.29 is 9.53 Å². The Morgan fingerprint density at radius 1 is 1.17 bits per heavy atom. The summed E-state index contributed by atoms with van der Waals surface area (Å²) in [5.74, 6) is 0. The van der Waals surface area contributed by atoms with Crippen molar-refractivity contribution >= 4 is 6.09 Å². The van der Waals surface area contributed by atoms with Gasteiger partial charge in [-0.1, -0.05) is 0 Å². The number of pyridine rings is 1. The molecule has 7 heteroatoms. The smallest absolute Gasteiger partial charge is 0.409 e. The second kappa shape index (κ2) is 9.41. The Morgan fingerprint density at radius 2 is 2.03 bits per heavy atom. The summed E-state index contributed by atoms with van der Waals surface area (Å²) in [7, 11) is 0. The van der Waals surface area contributed by atoms with Gasteiger partial charge in [0.05, 0.1) is 18.5 Å². The van der Waals surface area contributed by atoms with Gasteiger partial charge in [-0.3, -0.25) is 14.8 Å². The molecule has 0 saturated carbocycles. The molecular formula is C22H31N5O2. The Labute approximate surface area is 172 Å². The van der Waals surface area contributed by atoms with Crippen molar-refractivity contribution in [3.05, 3.63) is 48.5 Å². The van der Waals surface area contributed by atoms with Crippen molar-refractivity contribution in [1.29, 1.82) is 0 Å². The van der Waals surface area contributed by atoms with Gasteiger partial charge < -0.3 is 14.2 Å². The van der Waals surface area contributed by atoms with Crippen LogP contribution < -0.4 is 0 Å². The van der Waals surface area contributed by atoms with Crippen molar-refractivity contribution in [2.75, 3.05) is 45.9 Å². The third-order valence-electron chi connectivity index (χ3n) is 5.98. The molecule has 2 aliphatic heterocycles. The van der Waals surface area contributed by atoms with Gasteiger partial charge in [-0.15, -0.1) is 0 Å². The normalized spacial score (nSPS) is 21.3. The van der Waals surface area contributed by atoms with Crippen molar-refractivity contribution in [3.8, 4) is 5.69 Å². The summed E-state index contributed by atoms with van der Waals surface area (Å²) in [5.41, 5.74) is 2.40. The number of rotatable bonds is 5. The van der Waals surface area contributed by atoms with Crippen LogP contribution in [0.15, 0.2) is 42.9 Å². The molecule has 7 nitrogen and oxygen atoms in total. The van der Waals surface area contributed by atoms with E-state index in [9.17, 15) is 4.79 Å². The minimum atomic E-state index is -0.173. The van der Waals surface area contributed by atoms with Gasteiger partial charge in [-0.2, -0.15) is 0 Å². The maximum absolute atomic E-state index is 11.9. The topological polar surface area (TPSA) is 53.8 Å². The number of amides is 1. The summed E-state index contributed by atoms with van der Waals surface area (Å²) in [6, 6.07) is 8.95. The predicted molar refractivity (Wildman–Crippen MR) is 112 cm³/mol. The first-order chi connectivity index (χ1) is 14.2. The van der Waals surface area contributed by atoms with Crippen LogP contribution in [0.4, 0.5) is 4.79 Å². The molecule has 1 atom stereocenters. The lowest BCUT2D eigenvalue weighted by atomic mass is 10.0. The van der Waals surface area contributed by atoms with Crippen molar-refractivity contribution in [2.24, 2.45) is 0 Å². The van der Waals surface area contributed by atoms with E-state index in [2.05, 4.69) is 43.7 Å². The molecule has 2 saturated heterocycles. The lowest BCUT2D eigenvalue weighted by Gasteiger charge is -2.43. The maximum Gasteiger partial charge on any atom is 0.409 e. The van der Waals surface area contributed by atoms with Crippen LogP contribution >= 0.6 is 0 Å². The number of piperazine rings is 1. The van der Waals surface area contributed by atoms with E-state index in [4.69, 9.17) is 4.74 Å². The molecule has 4 rings (SSSR count). The number of hydrogen-bond donors (Lipinski definition) is 0. The highest BCUT2D eigenvalue weighted by Gasteiger charge is 2.30. The molecule has 0 spiro atoms. The lowest BCUT2D eigenvalue weighted by Crippen LogP contribution is -2.55. The highest BCUT2D eigenvalue weighted by molar-refractivity contribution is 5.67. The molecule has 0 bridgehead atoms. The molecule has 1 amide bonds. The number of piperidine rings is 1. The van der Waals surface area contributed by atoms with E-state index < -0.39 is 0 Å². The molecule has 4 heterocycles. The first-order valence-corrected chi connectivity index (χ1v) is 10.7. The average molecular weight is 398 g/mol. The Kier molecular flexibility index (Phi) is 6.46. The molecule has 0 N–H and O–H groups in total. The highest BCUT2D eigenvalue weighted by Crippen LogP contribution is 2.21. The van der Waals surface area contributed by atoms with Crippen LogP contribution in [-0.2, 0) is 11.3 Å². The first-order valence-electron chi connectivity index (χ1n) is 10.7. The van der Waals surface area contributed by atoms with Gasteiger partial charge in [0.25, 0.3) is 0 Å². The molecule has 29 heavy (non-hydrogen) atoms. The van der Waals surface area contributed by atoms with E-state index in [0.717, 1.165) is 51.5 Å². The van der Waals surface area contributed by atoms with Crippen LogP contribution in [0, 0.1) is 0 Å². The van der Waals surface area contributed by atoms with Gasteiger partial charge in [0.15, 0.2) is 0 Å². The van der Waals surface area contributed by atoms with Crippen LogP contribution in [0.5, 0.6) is 0 Å². The molecule has 2 aliphatic rings. The van der Waals surface area contributed by atoms with Crippen molar-refractivity contribution in [1.82, 2.24) is 24.3 Å². The Hall–Kier alpha value is -2.38. The van der Waals surface area contributed by atoms with E-state index in [-0.39, 0.29) is 6.09 Å². The van der Waals surface area contributed by atoms with E-state index in [1.165, 1.54) is 18.5 Å². The zero-order chi connectivity index (χ0) is 20.1. The van der Waals surface area contributed by atoms with Gasteiger partial charge in [-0.05, 0) is 50.6 Å². The molecule has 2 aromatic heterocycles. The van der Waals surface area contributed by atoms with Gasteiger partial charge >= 0.3 is 6.09 Å². The molecule has 0 aromatic carbocycles. The van der Waals surface area contributed by atoms with Crippen molar-refractivity contribution in [3.63, 3.8) is 0 Å². The molecule has 0 radical (unpaired) electrons. The molecular weight excluding hydrogens is 366 g/mol. The average Bonchev–Trinajstić information content (AvgIpc) is 3.23. The minimum Gasteiger partial charge on any atom is -0.450 e. The molecule has 2 aromatic rings. The Morgan fingerprint density at radius 3 is 2.79 bits per heavy atom. The molecule has 0 aliphatic carbocycles. The minimum absolute atomic E-state index is 0.173. The quantitative estimate of drug-likeness (QED) is 0.776. The lowest BCUT2D eigenvalue weighted by molar-refractivity contribution is 0.0409. The fourth-order valence-electron chi connectivity index (χ4n) is 4.48.